The quantitative estimate of drug-likeness (QED) is 0.435. The fourth-order valence-electron chi connectivity index (χ4n) is 3.50. The standard InChI is InChI=1S/C23H24F3N7O2/c1-12-16(13(2)33-21(27-12)30-19(31-33)23(24,25)26)10-11-17(34)28-15-8-6-14(7-9-15)18-29-20(35-32-18)22(3,4)5/h6-9H,10-11H2,1-5H3,(H,28,34). The number of fused-ring (bicyclic) bond motifs is 1. The Labute approximate surface area is 198 Å². The molecular formula is C23H24F3N7O2. The lowest BCUT2D eigenvalue weighted by atomic mass is 9.97. The molecule has 4 rings (SSSR count). The van der Waals surface area contributed by atoms with Crippen LogP contribution in [0.25, 0.3) is 17.2 Å². The number of alkyl halides is 3. The fourth-order valence-corrected chi connectivity index (χ4v) is 3.50. The van der Waals surface area contributed by atoms with Crippen molar-refractivity contribution < 1.29 is 22.5 Å². The maximum Gasteiger partial charge on any atom is 0.453 e. The maximum absolute atomic E-state index is 13.0. The van der Waals surface area contributed by atoms with Crippen molar-refractivity contribution in [2.75, 3.05) is 5.32 Å². The Kier molecular flexibility index (Phi) is 6.07. The van der Waals surface area contributed by atoms with Crippen LogP contribution in [0.1, 0.15) is 55.9 Å². The minimum atomic E-state index is -4.66. The van der Waals surface area contributed by atoms with Gasteiger partial charge in [0.25, 0.3) is 11.6 Å². The number of anilines is 1. The minimum absolute atomic E-state index is 0.108. The predicted octanol–water partition coefficient (Wildman–Crippen LogP) is 4.68. The highest BCUT2D eigenvalue weighted by molar-refractivity contribution is 5.91. The van der Waals surface area contributed by atoms with Crippen molar-refractivity contribution in [3.63, 3.8) is 0 Å². The molecule has 0 saturated carbocycles. The van der Waals surface area contributed by atoms with E-state index in [1.54, 1.807) is 38.1 Å². The highest BCUT2D eigenvalue weighted by Gasteiger charge is 2.37. The third kappa shape index (κ3) is 5.15. The normalized spacial score (nSPS) is 12.3. The van der Waals surface area contributed by atoms with Gasteiger partial charge in [0.05, 0.1) is 0 Å². The molecule has 0 atom stereocenters. The number of nitrogens with zero attached hydrogens (tertiary/aromatic N) is 6. The Bertz CT molecular complexity index is 1380. The average molecular weight is 487 g/mol. The Morgan fingerprint density at radius 2 is 1.74 bits per heavy atom. The number of benzene rings is 1. The van der Waals surface area contributed by atoms with Crippen LogP contribution in [0, 0.1) is 13.8 Å². The summed E-state index contributed by atoms with van der Waals surface area (Å²) in [6.07, 6.45) is -4.27. The van der Waals surface area contributed by atoms with Gasteiger partial charge in [-0.1, -0.05) is 25.9 Å². The van der Waals surface area contributed by atoms with Crippen molar-refractivity contribution in [2.24, 2.45) is 0 Å². The van der Waals surface area contributed by atoms with Crippen molar-refractivity contribution in [1.29, 1.82) is 0 Å². The summed E-state index contributed by atoms with van der Waals surface area (Å²) >= 11 is 0. The van der Waals surface area contributed by atoms with Gasteiger partial charge in [0.2, 0.25) is 17.6 Å². The number of hydrogen-bond acceptors (Lipinski definition) is 7. The molecule has 0 aliphatic carbocycles. The predicted molar refractivity (Wildman–Crippen MR) is 121 cm³/mol. The molecule has 12 heteroatoms. The van der Waals surface area contributed by atoms with Crippen LogP contribution < -0.4 is 5.32 Å². The fraction of sp³-hybridized carbons (Fsp3) is 0.391. The van der Waals surface area contributed by atoms with Crippen molar-refractivity contribution in [1.82, 2.24) is 29.7 Å². The second-order valence-corrected chi connectivity index (χ2v) is 9.20. The highest BCUT2D eigenvalue weighted by atomic mass is 19.4. The van der Waals surface area contributed by atoms with Gasteiger partial charge >= 0.3 is 6.18 Å². The molecule has 35 heavy (non-hydrogen) atoms. The first kappa shape index (κ1) is 24.3. The van der Waals surface area contributed by atoms with Gasteiger partial charge < -0.3 is 9.84 Å². The number of amides is 1. The van der Waals surface area contributed by atoms with Gasteiger partial charge in [-0.2, -0.15) is 23.1 Å². The Morgan fingerprint density at radius 3 is 2.34 bits per heavy atom. The number of hydrogen-bond donors (Lipinski definition) is 1. The van der Waals surface area contributed by atoms with Crippen LogP contribution in [-0.4, -0.2) is 35.6 Å². The molecule has 3 heterocycles. The molecule has 9 nitrogen and oxygen atoms in total. The summed E-state index contributed by atoms with van der Waals surface area (Å²) < 4.78 is 45.3. The molecule has 0 aliphatic rings. The van der Waals surface area contributed by atoms with Gasteiger partial charge in [0, 0.05) is 34.5 Å². The van der Waals surface area contributed by atoms with Crippen molar-refractivity contribution in [3.8, 4) is 11.4 Å². The van der Waals surface area contributed by atoms with E-state index in [1.807, 2.05) is 20.8 Å². The third-order valence-corrected chi connectivity index (χ3v) is 5.40. The van der Waals surface area contributed by atoms with Crippen LogP contribution in [0.5, 0.6) is 0 Å². The average Bonchev–Trinajstić information content (AvgIpc) is 3.41. The van der Waals surface area contributed by atoms with E-state index in [9.17, 15) is 18.0 Å². The van der Waals surface area contributed by atoms with Gasteiger partial charge in [-0.05, 0) is 50.1 Å². The topological polar surface area (TPSA) is 111 Å². The van der Waals surface area contributed by atoms with Crippen LogP contribution >= 0.6 is 0 Å². The Morgan fingerprint density at radius 1 is 1.06 bits per heavy atom. The molecule has 184 valence electrons. The van der Waals surface area contributed by atoms with E-state index in [2.05, 4.69) is 30.5 Å². The zero-order valence-corrected chi connectivity index (χ0v) is 19.9. The van der Waals surface area contributed by atoms with E-state index in [0.717, 1.165) is 10.1 Å². The second-order valence-electron chi connectivity index (χ2n) is 9.20. The smallest absolute Gasteiger partial charge is 0.338 e. The Hall–Kier alpha value is -3.83. The summed E-state index contributed by atoms with van der Waals surface area (Å²) in [4.78, 5) is 24.5. The molecule has 0 fully saturated rings. The number of nitrogens with one attached hydrogen (secondary N) is 1. The third-order valence-electron chi connectivity index (χ3n) is 5.40. The summed E-state index contributed by atoms with van der Waals surface area (Å²) in [6, 6.07) is 7.03. The van der Waals surface area contributed by atoms with Gasteiger partial charge in [-0.3, -0.25) is 4.79 Å². The molecule has 0 spiro atoms. The van der Waals surface area contributed by atoms with Crippen molar-refractivity contribution in [2.45, 2.75) is 59.1 Å². The Balaban J connectivity index is 1.42. The van der Waals surface area contributed by atoms with E-state index >= 15 is 0 Å². The summed E-state index contributed by atoms with van der Waals surface area (Å²) in [5.41, 5.74) is 2.69. The molecule has 0 bridgehead atoms. The lowest BCUT2D eigenvalue weighted by Crippen LogP contribution is -2.14. The van der Waals surface area contributed by atoms with E-state index in [4.69, 9.17) is 4.52 Å². The number of rotatable bonds is 5. The zero-order valence-electron chi connectivity index (χ0n) is 19.9. The molecule has 4 aromatic rings. The van der Waals surface area contributed by atoms with Crippen LogP contribution in [0.15, 0.2) is 28.8 Å². The van der Waals surface area contributed by atoms with Crippen molar-refractivity contribution >= 4 is 17.4 Å². The van der Waals surface area contributed by atoms with Crippen LogP contribution in [0.3, 0.4) is 0 Å². The van der Waals surface area contributed by atoms with Gasteiger partial charge in [0.1, 0.15) is 0 Å². The number of aryl methyl sites for hydroxylation is 2. The minimum Gasteiger partial charge on any atom is -0.338 e. The van der Waals surface area contributed by atoms with Crippen LogP contribution in [-0.2, 0) is 22.8 Å². The number of carbonyl (C=O) groups excluding carboxylic acids is 1. The molecule has 3 aromatic heterocycles. The monoisotopic (exact) mass is 487 g/mol. The molecule has 1 aromatic carbocycles. The van der Waals surface area contributed by atoms with Gasteiger partial charge in [-0.15, -0.1) is 5.10 Å². The molecule has 1 amide bonds. The molecule has 1 N–H and O–H groups in total. The summed E-state index contributed by atoms with van der Waals surface area (Å²) in [6.45, 7) is 9.23. The van der Waals surface area contributed by atoms with Crippen molar-refractivity contribution in [3.05, 3.63) is 52.9 Å². The van der Waals surface area contributed by atoms with E-state index < -0.39 is 12.0 Å². The summed E-state index contributed by atoms with van der Waals surface area (Å²) in [7, 11) is 0. The SMILES string of the molecule is Cc1nc2nc(C(F)(F)F)nn2c(C)c1CCC(=O)Nc1ccc(-c2noc(C(C)(C)C)n2)cc1. The van der Waals surface area contributed by atoms with Gasteiger partial charge in [0.15, 0.2) is 0 Å². The zero-order chi connectivity index (χ0) is 25.5. The number of aromatic nitrogens is 6. The van der Waals surface area contributed by atoms with E-state index in [0.29, 0.717) is 34.4 Å². The lowest BCUT2D eigenvalue weighted by molar-refractivity contribution is -0.144. The molecule has 0 radical (unpaired) electrons. The van der Waals surface area contributed by atoms with E-state index in [-0.39, 0.29) is 29.9 Å². The highest BCUT2D eigenvalue weighted by Crippen LogP contribution is 2.28. The second kappa shape index (κ2) is 8.75. The molecule has 0 saturated heterocycles. The van der Waals surface area contributed by atoms with Crippen LogP contribution in [0.2, 0.25) is 0 Å². The first-order valence-corrected chi connectivity index (χ1v) is 10.9. The van der Waals surface area contributed by atoms with E-state index in [1.165, 1.54) is 0 Å². The summed E-state index contributed by atoms with van der Waals surface area (Å²) in [5, 5.41) is 10.3. The van der Waals surface area contributed by atoms with Crippen LogP contribution in [0.4, 0.5) is 18.9 Å². The number of halogens is 3. The first-order valence-electron chi connectivity index (χ1n) is 10.9. The molecular weight excluding hydrogens is 463 g/mol. The molecule has 0 aliphatic heterocycles. The van der Waals surface area contributed by atoms with Gasteiger partial charge in [-0.25, -0.2) is 9.50 Å². The lowest BCUT2D eigenvalue weighted by Gasteiger charge is -2.11. The maximum atomic E-state index is 13.0. The first-order chi connectivity index (χ1) is 16.3. The molecule has 0 unspecified atom stereocenters. The number of carbonyl (C=O) groups is 1. The summed E-state index contributed by atoms with van der Waals surface area (Å²) in [5.74, 6) is -0.633. The largest absolute Gasteiger partial charge is 0.453 e.